The van der Waals surface area contributed by atoms with Crippen LogP contribution in [0.15, 0.2) is 36.7 Å². The number of H-pyrrole nitrogens is 1. The Labute approximate surface area is 185 Å². The van der Waals surface area contributed by atoms with E-state index in [2.05, 4.69) is 32.7 Å². The minimum atomic E-state index is -0.130. The molecule has 0 aliphatic carbocycles. The van der Waals surface area contributed by atoms with Gasteiger partial charge in [0.05, 0.1) is 5.56 Å². The molecule has 1 aromatic carbocycles. The molecule has 5 N–H and O–H groups in total. The van der Waals surface area contributed by atoms with Gasteiger partial charge in [-0.2, -0.15) is 0 Å². The Hall–Kier alpha value is -3.81. The number of carbonyl (C=O) groups excluding carboxylic acids is 2. The summed E-state index contributed by atoms with van der Waals surface area (Å²) in [6.45, 7) is 5.63. The first-order valence-corrected chi connectivity index (χ1v) is 10.8. The smallest absolute Gasteiger partial charge is 0.317 e. The largest absolute Gasteiger partial charge is 0.398 e. The molecule has 5 rings (SSSR count). The summed E-state index contributed by atoms with van der Waals surface area (Å²) in [5.41, 5.74) is 13.0. The zero-order chi connectivity index (χ0) is 22.4. The van der Waals surface area contributed by atoms with Crippen LogP contribution < -0.4 is 16.4 Å². The van der Waals surface area contributed by atoms with Gasteiger partial charge in [0.2, 0.25) is 0 Å². The number of hydrogen-bond donors (Lipinski definition) is 4. The van der Waals surface area contributed by atoms with Crippen molar-refractivity contribution in [2.45, 2.75) is 32.9 Å². The van der Waals surface area contributed by atoms with E-state index in [1.165, 1.54) is 5.57 Å². The monoisotopic (exact) mass is 430 g/mol. The first kappa shape index (κ1) is 20.1. The Morgan fingerprint density at radius 2 is 2.12 bits per heavy atom. The maximum Gasteiger partial charge on any atom is 0.317 e. The Bertz CT molecular complexity index is 1270. The van der Waals surface area contributed by atoms with Gasteiger partial charge >= 0.3 is 6.03 Å². The van der Waals surface area contributed by atoms with Gasteiger partial charge in [-0.15, -0.1) is 0 Å². The molecule has 4 heterocycles. The van der Waals surface area contributed by atoms with E-state index in [4.69, 9.17) is 5.73 Å². The van der Waals surface area contributed by atoms with Crippen molar-refractivity contribution >= 4 is 34.2 Å². The highest BCUT2D eigenvalue weighted by atomic mass is 16.2. The van der Waals surface area contributed by atoms with Crippen molar-refractivity contribution in [3.63, 3.8) is 0 Å². The lowest BCUT2D eigenvalue weighted by Crippen LogP contribution is -2.44. The number of pyridine rings is 1. The summed E-state index contributed by atoms with van der Waals surface area (Å²) >= 11 is 0. The molecule has 8 heteroatoms. The maximum absolute atomic E-state index is 12.3. The number of benzene rings is 1. The number of nitrogens with two attached hydrogens (primary N) is 1. The van der Waals surface area contributed by atoms with Gasteiger partial charge in [0, 0.05) is 60.3 Å². The number of nitrogens with one attached hydrogen (secondary N) is 3. The molecule has 8 nitrogen and oxygen atoms in total. The van der Waals surface area contributed by atoms with Crippen molar-refractivity contribution in [1.82, 2.24) is 25.5 Å². The predicted octanol–water partition coefficient (Wildman–Crippen LogP) is 3.26. The van der Waals surface area contributed by atoms with E-state index in [0.717, 1.165) is 39.7 Å². The number of rotatable bonds is 3. The van der Waals surface area contributed by atoms with Crippen LogP contribution in [0.4, 0.5) is 10.5 Å². The first-order valence-electron chi connectivity index (χ1n) is 10.8. The fraction of sp³-hybridized carbons (Fsp3) is 0.292. The van der Waals surface area contributed by atoms with E-state index < -0.39 is 0 Å². The number of fused-ring (bicyclic) bond motifs is 2. The van der Waals surface area contributed by atoms with Gasteiger partial charge in [-0.1, -0.05) is 12.1 Å². The number of nitrogen functional groups attached to an aromatic ring is 1. The Morgan fingerprint density at radius 3 is 2.88 bits per heavy atom. The molecule has 2 aliphatic rings. The number of carbonyl (C=O) groups is 2. The van der Waals surface area contributed by atoms with Crippen LogP contribution in [-0.4, -0.2) is 45.9 Å². The Balaban J connectivity index is 1.48. The van der Waals surface area contributed by atoms with E-state index in [0.29, 0.717) is 30.9 Å². The molecule has 0 saturated carbocycles. The lowest BCUT2D eigenvalue weighted by Gasteiger charge is -2.27. The quantitative estimate of drug-likeness (QED) is 0.477. The minimum absolute atomic E-state index is 0.0291. The molecule has 0 bridgehead atoms. The maximum atomic E-state index is 12.3. The molecular weight excluding hydrogens is 404 g/mol. The highest BCUT2D eigenvalue weighted by Crippen LogP contribution is 2.35. The van der Waals surface area contributed by atoms with Crippen LogP contribution in [0.5, 0.6) is 0 Å². The average Bonchev–Trinajstić information content (AvgIpc) is 3.38. The molecule has 0 atom stereocenters. The fourth-order valence-corrected chi connectivity index (χ4v) is 4.50. The second-order valence-electron chi connectivity index (χ2n) is 8.59. The molecule has 0 fully saturated rings. The van der Waals surface area contributed by atoms with Gasteiger partial charge in [-0.25, -0.2) is 9.78 Å². The van der Waals surface area contributed by atoms with Crippen molar-refractivity contribution in [2.75, 3.05) is 18.8 Å². The summed E-state index contributed by atoms with van der Waals surface area (Å²) in [6.07, 6.45) is 6.70. The molecule has 2 aromatic heterocycles. The summed E-state index contributed by atoms with van der Waals surface area (Å²) in [7, 11) is 0. The summed E-state index contributed by atoms with van der Waals surface area (Å²) in [5.74, 6) is -0.130. The van der Waals surface area contributed by atoms with Crippen LogP contribution >= 0.6 is 0 Å². The number of urea groups is 1. The summed E-state index contributed by atoms with van der Waals surface area (Å²) < 4.78 is 0. The average molecular weight is 431 g/mol. The molecule has 0 saturated heterocycles. The van der Waals surface area contributed by atoms with E-state index in [-0.39, 0.29) is 18.0 Å². The first-order chi connectivity index (χ1) is 15.4. The van der Waals surface area contributed by atoms with Crippen molar-refractivity contribution in [3.8, 4) is 11.1 Å². The number of anilines is 1. The number of aromatic nitrogens is 2. The van der Waals surface area contributed by atoms with E-state index in [9.17, 15) is 9.59 Å². The standard InChI is InChI=1S/C24H26N6O2/c1-13(2)29-24(32)30-7-5-14(6-8-30)18-11-27-22-17(18)9-15(10-26-22)16-3-4-20(25)21-19(16)12-28-23(21)31/h3-5,9-11,13H,6-8,12,25H2,1-2H3,(H,26,27)(H,28,31)(H,29,32). The summed E-state index contributed by atoms with van der Waals surface area (Å²) in [4.78, 5) is 34.2. The molecule has 3 aromatic rings. The molecule has 0 spiro atoms. The van der Waals surface area contributed by atoms with Gasteiger partial charge in [-0.05, 0) is 49.1 Å². The molecule has 164 valence electrons. The Morgan fingerprint density at radius 1 is 1.28 bits per heavy atom. The lowest BCUT2D eigenvalue weighted by molar-refractivity contribution is 0.0966. The van der Waals surface area contributed by atoms with Crippen LogP contribution in [0.1, 0.15) is 41.8 Å². The topological polar surface area (TPSA) is 116 Å². The van der Waals surface area contributed by atoms with Gasteiger partial charge in [-0.3, -0.25) is 4.79 Å². The number of amides is 3. The second kappa shape index (κ2) is 7.71. The third kappa shape index (κ3) is 3.37. The van der Waals surface area contributed by atoms with Crippen molar-refractivity contribution in [2.24, 2.45) is 0 Å². The molecule has 2 aliphatic heterocycles. The zero-order valence-electron chi connectivity index (χ0n) is 18.2. The number of nitrogens with zero attached hydrogens (tertiary/aromatic N) is 2. The molecular formula is C24H26N6O2. The predicted molar refractivity (Wildman–Crippen MR) is 125 cm³/mol. The summed E-state index contributed by atoms with van der Waals surface area (Å²) in [6, 6.07) is 5.93. The molecule has 0 unspecified atom stereocenters. The van der Waals surface area contributed by atoms with Crippen LogP contribution in [0.25, 0.3) is 27.7 Å². The fourth-order valence-electron chi connectivity index (χ4n) is 4.50. The van der Waals surface area contributed by atoms with Gasteiger partial charge in [0.15, 0.2) is 0 Å². The van der Waals surface area contributed by atoms with Crippen LogP contribution in [0.2, 0.25) is 0 Å². The van der Waals surface area contributed by atoms with E-state index >= 15 is 0 Å². The zero-order valence-corrected chi connectivity index (χ0v) is 18.2. The van der Waals surface area contributed by atoms with Crippen molar-refractivity contribution in [1.29, 1.82) is 0 Å². The van der Waals surface area contributed by atoms with Gasteiger partial charge in [0.25, 0.3) is 5.91 Å². The molecule has 3 amide bonds. The highest BCUT2D eigenvalue weighted by Gasteiger charge is 2.25. The Kier molecular flexibility index (Phi) is 4.84. The number of hydrogen-bond acceptors (Lipinski definition) is 4. The van der Waals surface area contributed by atoms with E-state index in [1.54, 1.807) is 6.07 Å². The summed E-state index contributed by atoms with van der Waals surface area (Å²) in [5, 5.41) is 6.84. The van der Waals surface area contributed by atoms with Crippen molar-refractivity contribution < 1.29 is 9.59 Å². The van der Waals surface area contributed by atoms with Gasteiger partial charge in [0.1, 0.15) is 5.65 Å². The normalized spacial score (nSPS) is 15.7. The van der Waals surface area contributed by atoms with Crippen LogP contribution in [0.3, 0.4) is 0 Å². The molecule has 0 radical (unpaired) electrons. The minimum Gasteiger partial charge on any atom is -0.398 e. The highest BCUT2D eigenvalue weighted by molar-refractivity contribution is 6.05. The van der Waals surface area contributed by atoms with Crippen LogP contribution in [-0.2, 0) is 6.54 Å². The number of aromatic amines is 1. The van der Waals surface area contributed by atoms with E-state index in [1.807, 2.05) is 37.2 Å². The SMILES string of the molecule is CC(C)NC(=O)N1CC=C(c2c[nH]c3ncc(-c4ccc(N)c5c4CNC5=O)cc23)CC1. The lowest BCUT2D eigenvalue weighted by atomic mass is 9.94. The second-order valence-corrected chi connectivity index (χ2v) is 8.59. The third-order valence-electron chi connectivity index (χ3n) is 6.09. The third-order valence-corrected chi connectivity index (χ3v) is 6.09. The van der Waals surface area contributed by atoms with Crippen molar-refractivity contribution in [3.05, 3.63) is 53.4 Å². The molecule has 32 heavy (non-hydrogen) atoms. The van der Waals surface area contributed by atoms with Gasteiger partial charge < -0.3 is 26.3 Å². The van der Waals surface area contributed by atoms with Crippen LogP contribution in [0, 0.1) is 0 Å².